The van der Waals surface area contributed by atoms with Crippen LogP contribution in [0, 0.1) is 0 Å². The molecular weight excluding hydrogens is 262 g/mol. The molecule has 0 aliphatic carbocycles. The predicted molar refractivity (Wildman–Crippen MR) is 73.5 cm³/mol. The number of aryl methyl sites for hydroxylation is 1. The van der Waals surface area contributed by atoms with Gasteiger partial charge in [-0.05, 0) is 24.0 Å². The number of rotatable bonds is 5. The lowest BCUT2D eigenvalue weighted by Crippen LogP contribution is -2.34. The third-order valence-electron chi connectivity index (χ3n) is 3.70. The van der Waals surface area contributed by atoms with Gasteiger partial charge in [-0.2, -0.15) is 0 Å². The average molecular weight is 282 g/mol. The maximum absolute atomic E-state index is 12.7. The van der Waals surface area contributed by atoms with Crippen LogP contribution in [0.4, 0.5) is 8.78 Å². The van der Waals surface area contributed by atoms with E-state index in [4.69, 9.17) is 0 Å². The van der Waals surface area contributed by atoms with Crippen LogP contribution in [0.15, 0.2) is 24.3 Å². The van der Waals surface area contributed by atoms with Crippen molar-refractivity contribution >= 4 is 5.91 Å². The second-order valence-electron chi connectivity index (χ2n) is 5.01. The molecule has 1 heterocycles. The van der Waals surface area contributed by atoms with Gasteiger partial charge in [0, 0.05) is 0 Å². The van der Waals surface area contributed by atoms with Crippen molar-refractivity contribution < 1.29 is 13.6 Å². The standard InChI is InChI=1S/C15H20F2N2O/c1-3-10-5-7-11(8-6-10)14-18-12(4-2)15(20)19(14)9-13(16)17/h5-8,12-14,18H,3-4,9H2,1-2H3. The van der Waals surface area contributed by atoms with Crippen LogP contribution in [0.1, 0.15) is 37.6 Å². The van der Waals surface area contributed by atoms with Crippen LogP contribution in [0.3, 0.4) is 0 Å². The fourth-order valence-electron chi connectivity index (χ4n) is 2.53. The van der Waals surface area contributed by atoms with Crippen LogP contribution in [0.25, 0.3) is 0 Å². The smallest absolute Gasteiger partial charge is 0.255 e. The summed E-state index contributed by atoms with van der Waals surface area (Å²) in [5.41, 5.74) is 2.04. The van der Waals surface area contributed by atoms with Crippen LogP contribution in [-0.4, -0.2) is 29.8 Å². The predicted octanol–water partition coefficient (Wildman–Crippen LogP) is 2.72. The first-order valence-corrected chi connectivity index (χ1v) is 7.00. The molecule has 3 nitrogen and oxygen atoms in total. The van der Waals surface area contributed by atoms with Gasteiger partial charge in [-0.3, -0.25) is 10.1 Å². The monoisotopic (exact) mass is 282 g/mol. The molecule has 0 aromatic heterocycles. The lowest BCUT2D eigenvalue weighted by Gasteiger charge is -2.24. The number of nitrogens with one attached hydrogen (secondary N) is 1. The molecule has 1 fully saturated rings. The van der Waals surface area contributed by atoms with E-state index in [2.05, 4.69) is 12.2 Å². The third kappa shape index (κ3) is 2.98. The van der Waals surface area contributed by atoms with Crippen LogP contribution in [0.5, 0.6) is 0 Å². The maximum Gasteiger partial charge on any atom is 0.255 e. The molecule has 1 saturated heterocycles. The molecular formula is C15H20F2N2O. The summed E-state index contributed by atoms with van der Waals surface area (Å²) < 4.78 is 25.4. The Labute approximate surface area is 118 Å². The molecule has 1 aromatic rings. The van der Waals surface area contributed by atoms with E-state index in [0.29, 0.717) is 6.42 Å². The van der Waals surface area contributed by atoms with E-state index in [1.165, 1.54) is 10.5 Å². The zero-order chi connectivity index (χ0) is 14.7. The van der Waals surface area contributed by atoms with E-state index in [-0.39, 0.29) is 11.9 Å². The summed E-state index contributed by atoms with van der Waals surface area (Å²) in [5.74, 6) is -0.239. The topological polar surface area (TPSA) is 32.3 Å². The van der Waals surface area contributed by atoms with Crippen molar-refractivity contribution in [3.63, 3.8) is 0 Å². The van der Waals surface area contributed by atoms with Crippen molar-refractivity contribution in [1.29, 1.82) is 0 Å². The lowest BCUT2D eigenvalue weighted by molar-refractivity contribution is -0.132. The maximum atomic E-state index is 12.7. The number of hydrogen-bond donors (Lipinski definition) is 1. The van der Waals surface area contributed by atoms with Gasteiger partial charge in [0.1, 0.15) is 6.17 Å². The van der Waals surface area contributed by atoms with Crippen molar-refractivity contribution in [3.05, 3.63) is 35.4 Å². The molecule has 0 spiro atoms. The number of nitrogens with zero attached hydrogens (tertiary/aromatic N) is 1. The van der Waals surface area contributed by atoms with Gasteiger partial charge in [-0.25, -0.2) is 8.78 Å². The minimum atomic E-state index is -2.52. The number of amides is 1. The molecule has 0 bridgehead atoms. The molecule has 2 rings (SSSR count). The van der Waals surface area contributed by atoms with E-state index in [9.17, 15) is 13.6 Å². The lowest BCUT2D eigenvalue weighted by atomic mass is 10.1. The van der Waals surface area contributed by atoms with E-state index in [0.717, 1.165) is 12.0 Å². The Morgan fingerprint density at radius 2 is 1.90 bits per heavy atom. The number of carbonyl (C=O) groups is 1. The van der Waals surface area contributed by atoms with E-state index in [1.54, 1.807) is 0 Å². The summed E-state index contributed by atoms with van der Waals surface area (Å²) in [6.07, 6.45) is -1.45. The van der Waals surface area contributed by atoms with Crippen molar-refractivity contribution in [2.75, 3.05) is 6.54 Å². The Kier molecular flexibility index (Phi) is 4.70. The molecule has 2 atom stereocenters. The summed E-state index contributed by atoms with van der Waals surface area (Å²) in [4.78, 5) is 13.4. The molecule has 0 radical (unpaired) electrons. The zero-order valence-electron chi connectivity index (χ0n) is 11.8. The Morgan fingerprint density at radius 1 is 1.25 bits per heavy atom. The normalized spacial score (nSPS) is 22.9. The summed E-state index contributed by atoms with van der Waals surface area (Å²) >= 11 is 0. The molecule has 2 unspecified atom stereocenters. The SMILES string of the molecule is CCc1ccc(C2NC(CC)C(=O)N2CC(F)F)cc1. The van der Waals surface area contributed by atoms with Gasteiger partial charge in [0.15, 0.2) is 0 Å². The number of alkyl halides is 2. The molecule has 1 amide bonds. The van der Waals surface area contributed by atoms with Gasteiger partial charge < -0.3 is 4.90 Å². The van der Waals surface area contributed by atoms with Gasteiger partial charge in [0.25, 0.3) is 6.43 Å². The van der Waals surface area contributed by atoms with Crippen molar-refractivity contribution in [2.24, 2.45) is 0 Å². The Morgan fingerprint density at radius 3 is 2.40 bits per heavy atom. The molecule has 1 N–H and O–H groups in total. The number of benzene rings is 1. The summed E-state index contributed by atoms with van der Waals surface area (Å²) in [6.45, 7) is 3.41. The molecule has 5 heteroatoms. The Hall–Kier alpha value is -1.49. The first-order chi connectivity index (χ1) is 9.56. The van der Waals surface area contributed by atoms with Gasteiger partial charge in [-0.1, -0.05) is 38.1 Å². The highest BCUT2D eigenvalue weighted by atomic mass is 19.3. The average Bonchev–Trinajstić information content (AvgIpc) is 2.75. The molecule has 1 aliphatic rings. The second-order valence-corrected chi connectivity index (χ2v) is 5.01. The quantitative estimate of drug-likeness (QED) is 0.900. The van der Waals surface area contributed by atoms with E-state index < -0.39 is 19.1 Å². The largest absolute Gasteiger partial charge is 0.316 e. The van der Waals surface area contributed by atoms with Crippen LogP contribution in [-0.2, 0) is 11.2 Å². The molecule has 1 aromatic carbocycles. The summed E-state index contributed by atoms with van der Waals surface area (Å²) in [7, 11) is 0. The summed E-state index contributed by atoms with van der Waals surface area (Å²) in [6, 6.07) is 7.38. The Balaban J connectivity index is 2.24. The molecule has 110 valence electrons. The molecule has 0 saturated carbocycles. The highest BCUT2D eigenvalue weighted by molar-refractivity contribution is 5.84. The van der Waals surface area contributed by atoms with Crippen molar-refractivity contribution in [3.8, 4) is 0 Å². The highest BCUT2D eigenvalue weighted by Crippen LogP contribution is 2.27. The third-order valence-corrected chi connectivity index (χ3v) is 3.70. The van der Waals surface area contributed by atoms with Crippen LogP contribution >= 0.6 is 0 Å². The molecule has 1 aliphatic heterocycles. The molecule has 20 heavy (non-hydrogen) atoms. The minimum Gasteiger partial charge on any atom is -0.316 e. The van der Waals surface area contributed by atoms with Crippen molar-refractivity contribution in [1.82, 2.24) is 10.2 Å². The van der Waals surface area contributed by atoms with Crippen LogP contribution in [0.2, 0.25) is 0 Å². The van der Waals surface area contributed by atoms with Gasteiger partial charge in [0.2, 0.25) is 5.91 Å². The van der Waals surface area contributed by atoms with E-state index in [1.807, 2.05) is 31.2 Å². The number of hydrogen-bond acceptors (Lipinski definition) is 2. The number of carbonyl (C=O) groups excluding carboxylic acids is 1. The second kappa shape index (κ2) is 6.31. The van der Waals surface area contributed by atoms with E-state index >= 15 is 0 Å². The van der Waals surface area contributed by atoms with Gasteiger partial charge in [0.05, 0.1) is 12.6 Å². The zero-order valence-corrected chi connectivity index (χ0v) is 11.8. The fourth-order valence-corrected chi connectivity index (χ4v) is 2.53. The first-order valence-electron chi connectivity index (χ1n) is 7.00. The van der Waals surface area contributed by atoms with Crippen molar-refractivity contribution in [2.45, 2.75) is 45.3 Å². The first kappa shape index (κ1) is 14.9. The van der Waals surface area contributed by atoms with Gasteiger partial charge in [-0.15, -0.1) is 0 Å². The number of halogens is 2. The van der Waals surface area contributed by atoms with Crippen LogP contribution < -0.4 is 5.32 Å². The van der Waals surface area contributed by atoms with Gasteiger partial charge >= 0.3 is 0 Å². The highest BCUT2D eigenvalue weighted by Gasteiger charge is 2.39. The minimum absolute atomic E-state index is 0.239. The summed E-state index contributed by atoms with van der Waals surface area (Å²) in [5, 5.41) is 3.14. The Bertz CT molecular complexity index is 461. The fraction of sp³-hybridized carbons (Fsp3) is 0.533.